The van der Waals surface area contributed by atoms with E-state index in [2.05, 4.69) is 20.9 Å². The summed E-state index contributed by atoms with van der Waals surface area (Å²) in [6.45, 7) is 0.608. The van der Waals surface area contributed by atoms with Gasteiger partial charge in [0.05, 0.1) is 17.3 Å². The predicted octanol–water partition coefficient (Wildman–Crippen LogP) is 3.60. The topological polar surface area (TPSA) is 48.1 Å². The first-order chi connectivity index (χ1) is 8.75. The Bertz CT molecular complexity index is 505. The van der Waals surface area contributed by atoms with Gasteiger partial charge in [0.1, 0.15) is 5.75 Å². The normalized spacial score (nSPS) is 10.3. The predicted molar refractivity (Wildman–Crippen MR) is 79.0 cm³/mol. The first-order valence-electron chi connectivity index (χ1n) is 5.47. The summed E-state index contributed by atoms with van der Waals surface area (Å²) in [5, 5.41) is 0.989. The average molecular weight is 325 g/mol. The molecule has 0 bridgehead atoms. The number of benzene rings is 1. The molecule has 0 atom stereocenters. The molecule has 0 amide bonds. The quantitative estimate of drug-likeness (QED) is 0.518. The Morgan fingerprint density at radius 3 is 2.78 bits per heavy atom. The molecule has 0 saturated heterocycles. The van der Waals surface area contributed by atoms with E-state index < -0.39 is 0 Å². The van der Waals surface area contributed by atoms with Crippen LogP contribution < -0.4 is 10.5 Å². The summed E-state index contributed by atoms with van der Waals surface area (Å²) in [5.41, 5.74) is 6.45. The van der Waals surface area contributed by atoms with Crippen molar-refractivity contribution in [2.24, 2.45) is 0 Å². The summed E-state index contributed by atoms with van der Waals surface area (Å²) in [6.07, 6.45) is 1.79. The molecule has 1 aromatic carbocycles. The number of ether oxygens (including phenoxy) is 1. The molecule has 0 fully saturated rings. The van der Waals surface area contributed by atoms with E-state index in [9.17, 15) is 0 Å². The van der Waals surface area contributed by atoms with Gasteiger partial charge in [-0.1, -0.05) is 12.1 Å². The van der Waals surface area contributed by atoms with E-state index >= 15 is 0 Å². The van der Waals surface area contributed by atoms with Gasteiger partial charge >= 0.3 is 0 Å². The van der Waals surface area contributed by atoms with E-state index in [1.165, 1.54) is 0 Å². The Balaban J connectivity index is 1.76. The van der Waals surface area contributed by atoms with Crippen LogP contribution in [0, 0.1) is 0 Å². The first-order valence-corrected chi connectivity index (χ1v) is 7.25. The molecular weight excluding hydrogens is 312 g/mol. The molecule has 0 aliphatic rings. The maximum Gasteiger partial charge on any atom is 0.142 e. The molecule has 0 unspecified atom stereocenters. The van der Waals surface area contributed by atoms with E-state index in [0.717, 1.165) is 21.0 Å². The van der Waals surface area contributed by atoms with Gasteiger partial charge in [0, 0.05) is 16.4 Å². The second-order valence-electron chi connectivity index (χ2n) is 3.55. The van der Waals surface area contributed by atoms with Crippen molar-refractivity contribution < 1.29 is 4.74 Å². The lowest BCUT2D eigenvalue weighted by Gasteiger charge is -2.07. The maximum absolute atomic E-state index is 5.78. The van der Waals surface area contributed by atoms with E-state index in [-0.39, 0.29) is 0 Å². The van der Waals surface area contributed by atoms with Crippen molar-refractivity contribution in [2.45, 2.75) is 5.03 Å². The van der Waals surface area contributed by atoms with Gasteiger partial charge < -0.3 is 10.5 Å². The zero-order valence-corrected chi connectivity index (χ0v) is 12.1. The number of aromatic nitrogens is 1. The third kappa shape index (κ3) is 3.92. The highest BCUT2D eigenvalue weighted by molar-refractivity contribution is 9.10. The fraction of sp³-hybridized carbons (Fsp3) is 0.154. The van der Waals surface area contributed by atoms with Crippen molar-refractivity contribution in [3.63, 3.8) is 0 Å². The summed E-state index contributed by atoms with van der Waals surface area (Å²) < 4.78 is 6.59. The molecule has 5 heteroatoms. The molecule has 94 valence electrons. The number of anilines is 1. The third-order valence-electron chi connectivity index (χ3n) is 2.21. The Labute approximate surface area is 119 Å². The fourth-order valence-electron chi connectivity index (χ4n) is 1.36. The Hall–Kier alpha value is -1.20. The number of hydrogen-bond acceptors (Lipinski definition) is 4. The second-order valence-corrected chi connectivity index (χ2v) is 5.58. The van der Waals surface area contributed by atoms with Crippen molar-refractivity contribution in [1.82, 2.24) is 4.98 Å². The van der Waals surface area contributed by atoms with Crippen molar-refractivity contribution in [3.8, 4) is 5.75 Å². The summed E-state index contributed by atoms with van der Waals surface area (Å²) in [7, 11) is 0. The molecule has 18 heavy (non-hydrogen) atoms. The van der Waals surface area contributed by atoms with Gasteiger partial charge in [0.25, 0.3) is 0 Å². The lowest BCUT2D eigenvalue weighted by atomic mass is 10.3. The summed E-state index contributed by atoms with van der Waals surface area (Å²) in [5.74, 6) is 1.57. The molecule has 2 aromatic rings. The Morgan fingerprint density at radius 2 is 2.06 bits per heavy atom. The largest absolute Gasteiger partial charge is 0.491 e. The van der Waals surface area contributed by atoms with Crippen LogP contribution in [0.25, 0.3) is 0 Å². The molecule has 3 nitrogen and oxygen atoms in total. The van der Waals surface area contributed by atoms with Crippen LogP contribution in [0.1, 0.15) is 0 Å². The van der Waals surface area contributed by atoms with Crippen molar-refractivity contribution in [3.05, 3.63) is 47.1 Å². The van der Waals surface area contributed by atoms with Gasteiger partial charge in [0.15, 0.2) is 0 Å². The molecular formula is C13H13BrN2OS. The Kier molecular flexibility index (Phi) is 4.90. The number of pyridine rings is 1. The number of rotatable bonds is 5. The molecule has 0 saturated carbocycles. The third-order valence-corrected chi connectivity index (χ3v) is 3.59. The van der Waals surface area contributed by atoms with Crippen LogP contribution in [0.4, 0.5) is 5.69 Å². The lowest BCUT2D eigenvalue weighted by Crippen LogP contribution is -2.02. The van der Waals surface area contributed by atoms with E-state index in [4.69, 9.17) is 10.5 Å². The lowest BCUT2D eigenvalue weighted by molar-refractivity contribution is 0.346. The summed E-state index contributed by atoms with van der Waals surface area (Å²) in [6, 6.07) is 11.5. The van der Waals surface area contributed by atoms with Crippen LogP contribution in [-0.2, 0) is 0 Å². The Morgan fingerprint density at radius 1 is 1.22 bits per heavy atom. The zero-order chi connectivity index (χ0) is 12.8. The van der Waals surface area contributed by atoms with Crippen LogP contribution in [0.15, 0.2) is 52.1 Å². The summed E-state index contributed by atoms with van der Waals surface area (Å²) >= 11 is 5.01. The first kappa shape index (κ1) is 13.2. The van der Waals surface area contributed by atoms with E-state index in [1.54, 1.807) is 18.0 Å². The molecule has 0 spiro atoms. The van der Waals surface area contributed by atoms with Crippen LogP contribution in [0.2, 0.25) is 0 Å². The zero-order valence-electron chi connectivity index (χ0n) is 9.67. The number of thioether (sulfide) groups is 1. The molecule has 0 aliphatic heterocycles. The molecule has 0 radical (unpaired) electrons. The fourth-order valence-corrected chi connectivity index (χ4v) is 2.26. The van der Waals surface area contributed by atoms with Gasteiger partial charge in [-0.15, -0.1) is 11.8 Å². The van der Waals surface area contributed by atoms with Gasteiger partial charge in [-0.25, -0.2) is 4.98 Å². The highest BCUT2D eigenvalue weighted by Gasteiger charge is 1.99. The van der Waals surface area contributed by atoms with Crippen LogP contribution in [0.5, 0.6) is 5.75 Å². The van der Waals surface area contributed by atoms with Crippen molar-refractivity contribution in [1.29, 1.82) is 0 Å². The summed E-state index contributed by atoms with van der Waals surface area (Å²) in [4.78, 5) is 4.28. The smallest absolute Gasteiger partial charge is 0.142 e. The van der Waals surface area contributed by atoms with Gasteiger partial charge in [0.2, 0.25) is 0 Å². The number of halogens is 1. The van der Waals surface area contributed by atoms with E-state index in [0.29, 0.717) is 12.3 Å². The standard InChI is InChI=1S/C13H13BrN2OS/c14-10-5-6-13(16-9-10)18-8-7-17-12-4-2-1-3-11(12)15/h1-6,9H,7-8,15H2. The van der Waals surface area contributed by atoms with Gasteiger partial charge in [-0.3, -0.25) is 0 Å². The number of nitrogens with two attached hydrogens (primary N) is 1. The highest BCUT2D eigenvalue weighted by atomic mass is 79.9. The highest BCUT2D eigenvalue weighted by Crippen LogP contribution is 2.21. The second kappa shape index (κ2) is 6.66. The van der Waals surface area contributed by atoms with Gasteiger partial charge in [-0.05, 0) is 40.2 Å². The molecule has 2 rings (SSSR count). The number of hydrogen-bond donors (Lipinski definition) is 1. The van der Waals surface area contributed by atoms with Crippen LogP contribution in [-0.4, -0.2) is 17.3 Å². The van der Waals surface area contributed by atoms with Crippen molar-refractivity contribution >= 4 is 33.4 Å². The average Bonchev–Trinajstić information content (AvgIpc) is 2.39. The maximum atomic E-state index is 5.78. The van der Waals surface area contributed by atoms with Gasteiger partial charge in [-0.2, -0.15) is 0 Å². The number of para-hydroxylation sites is 2. The SMILES string of the molecule is Nc1ccccc1OCCSc1ccc(Br)cn1. The van der Waals surface area contributed by atoms with Crippen LogP contribution in [0.3, 0.4) is 0 Å². The van der Waals surface area contributed by atoms with Crippen LogP contribution >= 0.6 is 27.7 Å². The molecule has 1 heterocycles. The molecule has 0 aliphatic carbocycles. The minimum absolute atomic E-state index is 0.608. The number of nitrogen functional groups attached to an aromatic ring is 1. The minimum Gasteiger partial charge on any atom is -0.491 e. The molecule has 1 aromatic heterocycles. The van der Waals surface area contributed by atoms with E-state index in [1.807, 2.05) is 36.4 Å². The monoisotopic (exact) mass is 324 g/mol. The minimum atomic E-state index is 0.608. The molecule has 2 N–H and O–H groups in total. The number of nitrogens with zero attached hydrogens (tertiary/aromatic N) is 1. The van der Waals surface area contributed by atoms with Crippen molar-refractivity contribution in [2.75, 3.05) is 18.1 Å².